The average Bonchev–Trinajstić information content (AvgIpc) is 2.66. The molecule has 1 fully saturated rings. The van der Waals surface area contributed by atoms with Gasteiger partial charge in [0, 0.05) is 31.4 Å². The fraction of sp³-hybridized carbons (Fsp3) is 0.400. The van der Waals surface area contributed by atoms with E-state index in [9.17, 15) is 9.59 Å². The molecule has 0 aromatic heterocycles. The molecule has 6 nitrogen and oxygen atoms in total. The fourth-order valence-electron chi connectivity index (χ4n) is 3.30. The second-order valence-corrected chi connectivity index (χ2v) is 6.82. The molecule has 0 saturated carbocycles. The summed E-state index contributed by atoms with van der Waals surface area (Å²) in [7, 11) is 1.39. The third kappa shape index (κ3) is 3.80. The molecule has 0 radical (unpaired) electrons. The monoisotopic (exact) mass is 355 g/mol. The Morgan fingerprint density at radius 1 is 1.27 bits per heavy atom. The number of fused-ring (bicyclic) bond motifs is 1. The fourth-order valence-corrected chi connectivity index (χ4v) is 3.30. The summed E-state index contributed by atoms with van der Waals surface area (Å²) in [6, 6.07) is 11.5. The molecule has 6 heteroatoms. The van der Waals surface area contributed by atoms with Gasteiger partial charge >= 0.3 is 5.97 Å². The maximum atomic E-state index is 12.3. The number of ether oxygens (including phenoxy) is 1. The molecule has 0 aliphatic carbocycles. The number of carbonyl (C=O) groups is 2. The van der Waals surface area contributed by atoms with Crippen LogP contribution < -0.4 is 15.5 Å². The highest BCUT2D eigenvalue weighted by Gasteiger charge is 2.26. The zero-order valence-electron chi connectivity index (χ0n) is 15.4. The molecule has 1 unspecified atom stereocenters. The molecular formula is C20H25N3O3. The lowest BCUT2D eigenvalue weighted by molar-refractivity contribution is -0.123. The highest BCUT2D eigenvalue weighted by atomic mass is 16.5. The Morgan fingerprint density at radius 3 is 2.77 bits per heavy atom. The van der Waals surface area contributed by atoms with E-state index in [4.69, 9.17) is 4.74 Å². The van der Waals surface area contributed by atoms with E-state index in [0.29, 0.717) is 18.7 Å². The van der Waals surface area contributed by atoms with Crippen molar-refractivity contribution in [2.45, 2.75) is 25.9 Å². The van der Waals surface area contributed by atoms with Crippen molar-refractivity contribution < 1.29 is 14.3 Å². The smallest absolute Gasteiger partial charge is 0.338 e. The number of amides is 1. The summed E-state index contributed by atoms with van der Waals surface area (Å²) in [4.78, 5) is 26.7. The van der Waals surface area contributed by atoms with Crippen molar-refractivity contribution in [2.75, 3.05) is 31.6 Å². The second kappa shape index (κ2) is 7.74. The Bertz CT molecular complexity index is 819. The molecule has 2 N–H and O–H groups in total. The molecule has 1 heterocycles. The van der Waals surface area contributed by atoms with Crippen molar-refractivity contribution in [3.05, 3.63) is 42.0 Å². The minimum absolute atomic E-state index is 0.00122. The molecule has 0 spiro atoms. The van der Waals surface area contributed by atoms with Gasteiger partial charge in [-0.15, -0.1) is 0 Å². The first kappa shape index (κ1) is 18.2. The van der Waals surface area contributed by atoms with Gasteiger partial charge in [-0.2, -0.15) is 0 Å². The zero-order valence-corrected chi connectivity index (χ0v) is 15.4. The molecule has 26 heavy (non-hydrogen) atoms. The lowest BCUT2D eigenvalue weighted by Crippen LogP contribution is -2.58. The predicted octanol–water partition coefficient (Wildman–Crippen LogP) is 1.93. The lowest BCUT2D eigenvalue weighted by atomic mass is 10.0. The van der Waals surface area contributed by atoms with Crippen LogP contribution in [0.5, 0.6) is 0 Å². The summed E-state index contributed by atoms with van der Waals surface area (Å²) >= 11 is 0. The Labute approximate surface area is 153 Å². The number of hydrogen-bond acceptors (Lipinski definition) is 5. The molecule has 1 saturated heterocycles. The first-order valence-corrected chi connectivity index (χ1v) is 8.89. The molecule has 0 bridgehead atoms. The first-order valence-electron chi connectivity index (χ1n) is 8.89. The van der Waals surface area contributed by atoms with Crippen LogP contribution in [-0.4, -0.2) is 50.7 Å². The average molecular weight is 355 g/mol. The summed E-state index contributed by atoms with van der Waals surface area (Å²) in [5.74, 6) is -0.356. The summed E-state index contributed by atoms with van der Waals surface area (Å²) in [5, 5.41) is 8.06. The summed E-state index contributed by atoms with van der Waals surface area (Å²) in [6.07, 6.45) is 0. The SMILES string of the molecule is COC(=O)c1cc(N2CCNC(C(=O)NC(C)C)C2)cc2ccccc12. The van der Waals surface area contributed by atoms with E-state index in [0.717, 1.165) is 23.0 Å². The summed E-state index contributed by atoms with van der Waals surface area (Å²) < 4.78 is 4.96. The minimum Gasteiger partial charge on any atom is -0.465 e. The van der Waals surface area contributed by atoms with Gasteiger partial charge in [-0.1, -0.05) is 24.3 Å². The third-order valence-electron chi connectivity index (χ3n) is 4.54. The van der Waals surface area contributed by atoms with E-state index >= 15 is 0 Å². The van der Waals surface area contributed by atoms with Crippen LogP contribution in [0.3, 0.4) is 0 Å². The molecule has 1 atom stereocenters. The van der Waals surface area contributed by atoms with E-state index in [1.165, 1.54) is 7.11 Å². The van der Waals surface area contributed by atoms with Crippen molar-refractivity contribution in [3.8, 4) is 0 Å². The number of rotatable bonds is 4. The number of hydrogen-bond donors (Lipinski definition) is 2. The van der Waals surface area contributed by atoms with Crippen LogP contribution in [-0.2, 0) is 9.53 Å². The largest absolute Gasteiger partial charge is 0.465 e. The van der Waals surface area contributed by atoms with E-state index in [1.807, 2.05) is 44.2 Å². The van der Waals surface area contributed by atoms with E-state index in [2.05, 4.69) is 21.6 Å². The van der Waals surface area contributed by atoms with Crippen LogP contribution in [0.1, 0.15) is 24.2 Å². The van der Waals surface area contributed by atoms with Gasteiger partial charge in [-0.25, -0.2) is 4.79 Å². The van der Waals surface area contributed by atoms with Crippen LogP contribution in [0, 0.1) is 0 Å². The molecule has 1 aliphatic heterocycles. The number of benzene rings is 2. The van der Waals surface area contributed by atoms with E-state index < -0.39 is 0 Å². The topological polar surface area (TPSA) is 70.7 Å². The lowest BCUT2D eigenvalue weighted by Gasteiger charge is -2.35. The van der Waals surface area contributed by atoms with Gasteiger partial charge in [-0.3, -0.25) is 4.79 Å². The van der Waals surface area contributed by atoms with Gasteiger partial charge in [0.05, 0.1) is 12.7 Å². The Hall–Kier alpha value is -2.60. The maximum Gasteiger partial charge on any atom is 0.338 e. The number of esters is 1. The van der Waals surface area contributed by atoms with Crippen LogP contribution >= 0.6 is 0 Å². The van der Waals surface area contributed by atoms with E-state index in [-0.39, 0.29) is 24.0 Å². The van der Waals surface area contributed by atoms with Gasteiger partial charge < -0.3 is 20.3 Å². The van der Waals surface area contributed by atoms with Gasteiger partial charge in [0.15, 0.2) is 0 Å². The standard InChI is InChI=1S/C20H25N3O3/c1-13(2)22-19(24)18-12-23(9-8-21-18)15-10-14-6-4-5-7-16(14)17(11-15)20(25)26-3/h4-7,10-11,13,18,21H,8-9,12H2,1-3H3,(H,22,24). The summed E-state index contributed by atoms with van der Waals surface area (Å²) in [6.45, 7) is 5.92. The molecular weight excluding hydrogens is 330 g/mol. The number of anilines is 1. The third-order valence-corrected chi connectivity index (χ3v) is 4.54. The van der Waals surface area contributed by atoms with Crippen LogP contribution in [0.25, 0.3) is 10.8 Å². The molecule has 1 aliphatic rings. The maximum absolute atomic E-state index is 12.3. The van der Waals surface area contributed by atoms with Gasteiger partial charge in [0.1, 0.15) is 6.04 Å². The van der Waals surface area contributed by atoms with Gasteiger partial charge in [0.25, 0.3) is 0 Å². The number of nitrogens with one attached hydrogen (secondary N) is 2. The van der Waals surface area contributed by atoms with Crippen LogP contribution in [0.2, 0.25) is 0 Å². The highest BCUT2D eigenvalue weighted by Crippen LogP contribution is 2.27. The van der Waals surface area contributed by atoms with E-state index in [1.54, 1.807) is 0 Å². The van der Waals surface area contributed by atoms with Gasteiger partial charge in [-0.05, 0) is 36.8 Å². The molecule has 138 valence electrons. The van der Waals surface area contributed by atoms with Crippen molar-refractivity contribution in [3.63, 3.8) is 0 Å². The number of nitrogens with zero attached hydrogens (tertiary/aromatic N) is 1. The Balaban J connectivity index is 1.92. The zero-order chi connectivity index (χ0) is 18.7. The van der Waals surface area contributed by atoms with Crippen molar-refractivity contribution >= 4 is 28.3 Å². The molecule has 1 amide bonds. The number of carbonyl (C=O) groups excluding carboxylic acids is 2. The normalized spacial score (nSPS) is 17.4. The van der Waals surface area contributed by atoms with Crippen molar-refractivity contribution in [1.82, 2.24) is 10.6 Å². The molecule has 3 rings (SSSR count). The molecule has 2 aromatic rings. The number of methoxy groups -OCH3 is 1. The van der Waals surface area contributed by atoms with Crippen molar-refractivity contribution in [1.29, 1.82) is 0 Å². The molecule has 2 aromatic carbocycles. The predicted molar refractivity (Wildman–Crippen MR) is 103 cm³/mol. The quantitative estimate of drug-likeness (QED) is 0.820. The minimum atomic E-state index is -0.354. The number of piperazine rings is 1. The van der Waals surface area contributed by atoms with Gasteiger partial charge in [0.2, 0.25) is 5.91 Å². The Morgan fingerprint density at radius 2 is 2.04 bits per heavy atom. The first-order chi connectivity index (χ1) is 12.5. The summed E-state index contributed by atoms with van der Waals surface area (Å²) in [5.41, 5.74) is 1.47. The van der Waals surface area contributed by atoms with Crippen LogP contribution in [0.4, 0.5) is 5.69 Å². The second-order valence-electron chi connectivity index (χ2n) is 6.82. The van der Waals surface area contributed by atoms with Crippen molar-refractivity contribution in [2.24, 2.45) is 0 Å². The van der Waals surface area contributed by atoms with Crippen LogP contribution in [0.15, 0.2) is 36.4 Å². The highest BCUT2D eigenvalue weighted by molar-refractivity contribution is 6.06. The Kier molecular flexibility index (Phi) is 5.42.